The van der Waals surface area contributed by atoms with Gasteiger partial charge in [0.05, 0.1) is 24.9 Å². The largest absolute Gasteiger partial charge is 0.491 e. The zero-order chi connectivity index (χ0) is 19.6. The Bertz CT molecular complexity index is 1000. The van der Waals surface area contributed by atoms with E-state index < -0.39 is 5.41 Å². The summed E-state index contributed by atoms with van der Waals surface area (Å²) < 4.78 is 17.9. The highest BCUT2D eigenvalue weighted by molar-refractivity contribution is 6.11. The molecule has 4 heterocycles. The van der Waals surface area contributed by atoms with Crippen LogP contribution < -0.4 is 19.3 Å². The molecule has 0 radical (unpaired) electrons. The summed E-state index contributed by atoms with van der Waals surface area (Å²) in [5.74, 6) is 1.69. The molecule has 2 atom stereocenters. The third-order valence-corrected chi connectivity index (χ3v) is 6.74. The number of amides is 1. The van der Waals surface area contributed by atoms with Crippen molar-refractivity contribution in [3.63, 3.8) is 0 Å². The molecule has 0 aliphatic carbocycles. The summed E-state index contributed by atoms with van der Waals surface area (Å²) in [6, 6.07) is 12.2. The third kappa shape index (κ3) is 2.29. The number of carbonyl (C=O) groups excluding carboxylic acids is 1. The van der Waals surface area contributed by atoms with Crippen molar-refractivity contribution in [3.8, 4) is 11.5 Å². The van der Waals surface area contributed by atoms with Crippen molar-refractivity contribution in [2.24, 2.45) is 0 Å². The smallest absolute Gasteiger partial charge is 0.245 e. The summed E-state index contributed by atoms with van der Waals surface area (Å²) in [6.45, 7) is 3.19. The number of para-hydroxylation sites is 1. The fourth-order valence-electron chi connectivity index (χ4n) is 5.19. The van der Waals surface area contributed by atoms with Crippen LogP contribution in [0.15, 0.2) is 36.4 Å². The van der Waals surface area contributed by atoms with Crippen LogP contribution in [0.4, 0.5) is 11.4 Å². The maximum absolute atomic E-state index is 13.9. The number of fused-ring (bicyclic) bond motifs is 5. The minimum Gasteiger partial charge on any atom is -0.491 e. The zero-order valence-corrected chi connectivity index (χ0v) is 16.5. The zero-order valence-electron chi connectivity index (χ0n) is 16.5. The Kier molecular flexibility index (Phi) is 3.63. The van der Waals surface area contributed by atoms with Crippen LogP contribution in [-0.4, -0.2) is 52.0 Å². The SMILES string of the molecule is CN1CCOc2cc3c(cc21)OCC31C(=O)N(CC2CCCO2)c2ccccc21. The predicted molar refractivity (Wildman–Crippen MR) is 109 cm³/mol. The molecule has 6 nitrogen and oxygen atoms in total. The fourth-order valence-corrected chi connectivity index (χ4v) is 5.19. The van der Waals surface area contributed by atoms with Gasteiger partial charge in [0, 0.05) is 31.0 Å². The van der Waals surface area contributed by atoms with Crippen LogP contribution in [0.1, 0.15) is 24.0 Å². The number of benzene rings is 2. The molecule has 4 aliphatic rings. The van der Waals surface area contributed by atoms with Crippen molar-refractivity contribution in [1.82, 2.24) is 0 Å². The Labute approximate surface area is 170 Å². The van der Waals surface area contributed by atoms with Gasteiger partial charge >= 0.3 is 0 Å². The Morgan fingerprint density at radius 3 is 2.83 bits per heavy atom. The summed E-state index contributed by atoms with van der Waals surface area (Å²) in [5, 5.41) is 0. The molecule has 6 rings (SSSR count). The van der Waals surface area contributed by atoms with Gasteiger partial charge in [0.15, 0.2) is 0 Å². The van der Waals surface area contributed by atoms with E-state index in [0.717, 1.165) is 60.0 Å². The van der Waals surface area contributed by atoms with E-state index in [1.807, 2.05) is 35.2 Å². The van der Waals surface area contributed by atoms with E-state index >= 15 is 0 Å². The minimum absolute atomic E-state index is 0.0806. The van der Waals surface area contributed by atoms with E-state index in [0.29, 0.717) is 19.8 Å². The molecular formula is C23H24N2O4. The molecule has 1 spiro atoms. The standard InChI is InChI=1S/C23H24N2O4/c1-24-8-10-28-21-11-17-20(12-19(21)24)29-14-23(17)16-6-2-3-7-18(16)25(22(23)26)13-15-5-4-9-27-15/h2-3,6-7,11-12,15H,4-5,8-10,13-14H2,1H3. The number of anilines is 2. The lowest BCUT2D eigenvalue weighted by molar-refractivity contribution is -0.122. The lowest BCUT2D eigenvalue weighted by Crippen LogP contribution is -2.45. The highest BCUT2D eigenvalue weighted by Gasteiger charge is 2.57. The van der Waals surface area contributed by atoms with Crippen molar-refractivity contribution in [2.75, 3.05) is 49.8 Å². The Morgan fingerprint density at radius 2 is 1.97 bits per heavy atom. The number of nitrogens with zero attached hydrogens (tertiary/aromatic N) is 2. The first-order chi connectivity index (χ1) is 14.2. The second kappa shape index (κ2) is 6.13. The van der Waals surface area contributed by atoms with Crippen molar-refractivity contribution >= 4 is 17.3 Å². The van der Waals surface area contributed by atoms with E-state index in [9.17, 15) is 4.79 Å². The van der Waals surface area contributed by atoms with Crippen LogP contribution in [0, 0.1) is 0 Å². The van der Waals surface area contributed by atoms with Gasteiger partial charge in [-0.2, -0.15) is 0 Å². The van der Waals surface area contributed by atoms with Gasteiger partial charge in [0.2, 0.25) is 5.91 Å². The van der Waals surface area contributed by atoms with Crippen LogP contribution in [-0.2, 0) is 14.9 Å². The monoisotopic (exact) mass is 392 g/mol. The van der Waals surface area contributed by atoms with Crippen LogP contribution >= 0.6 is 0 Å². The van der Waals surface area contributed by atoms with Gasteiger partial charge in [-0.25, -0.2) is 0 Å². The predicted octanol–water partition coefficient (Wildman–Crippen LogP) is 2.72. The average Bonchev–Trinajstić information content (AvgIpc) is 3.44. The quantitative estimate of drug-likeness (QED) is 0.787. The molecule has 0 aromatic heterocycles. The molecular weight excluding hydrogens is 368 g/mol. The lowest BCUT2D eigenvalue weighted by atomic mass is 9.77. The molecule has 1 amide bonds. The highest BCUT2D eigenvalue weighted by Crippen LogP contribution is 2.54. The molecule has 0 saturated carbocycles. The van der Waals surface area contributed by atoms with Gasteiger partial charge in [-0.1, -0.05) is 18.2 Å². The molecule has 2 aromatic rings. The van der Waals surface area contributed by atoms with Crippen molar-refractivity contribution in [1.29, 1.82) is 0 Å². The molecule has 1 saturated heterocycles. The first-order valence-electron chi connectivity index (χ1n) is 10.4. The van der Waals surface area contributed by atoms with E-state index in [2.05, 4.69) is 18.0 Å². The van der Waals surface area contributed by atoms with Crippen LogP contribution in [0.25, 0.3) is 0 Å². The number of hydrogen-bond donors (Lipinski definition) is 0. The molecule has 4 aliphatic heterocycles. The normalized spacial score (nSPS) is 26.9. The van der Waals surface area contributed by atoms with Crippen LogP contribution in [0.2, 0.25) is 0 Å². The van der Waals surface area contributed by atoms with Gasteiger partial charge < -0.3 is 24.0 Å². The first-order valence-corrected chi connectivity index (χ1v) is 10.4. The minimum atomic E-state index is -0.807. The fraction of sp³-hybridized carbons (Fsp3) is 0.435. The Balaban J connectivity index is 1.48. The van der Waals surface area contributed by atoms with Crippen LogP contribution in [0.3, 0.4) is 0 Å². The van der Waals surface area contributed by atoms with E-state index in [-0.39, 0.29) is 12.0 Å². The summed E-state index contributed by atoms with van der Waals surface area (Å²) in [4.78, 5) is 18.0. The summed E-state index contributed by atoms with van der Waals surface area (Å²) in [7, 11) is 2.05. The highest BCUT2D eigenvalue weighted by atomic mass is 16.5. The molecule has 1 fully saturated rings. The number of carbonyl (C=O) groups is 1. The molecule has 150 valence electrons. The summed E-state index contributed by atoms with van der Waals surface area (Å²) in [6.07, 6.45) is 2.16. The lowest BCUT2D eigenvalue weighted by Gasteiger charge is -2.29. The number of likely N-dealkylation sites (N-methyl/N-ethyl adjacent to an activating group) is 1. The van der Waals surface area contributed by atoms with Gasteiger partial charge in [0.25, 0.3) is 0 Å². The molecule has 0 bridgehead atoms. The molecule has 0 N–H and O–H groups in total. The second-order valence-corrected chi connectivity index (χ2v) is 8.35. The second-order valence-electron chi connectivity index (χ2n) is 8.35. The number of ether oxygens (including phenoxy) is 3. The van der Waals surface area contributed by atoms with Gasteiger partial charge in [-0.05, 0) is 30.5 Å². The molecule has 6 heteroatoms. The third-order valence-electron chi connectivity index (χ3n) is 6.74. The number of rotatable bonds is 2. The Hall–Kier alpha value is -2.73. The van der Waals surface area contributed by atoms with Gasteiger partial charge in [-0.3, -0.25) is 4.79 Å². The number of hydrogen-bond acceptors (Lipinski definition) is 5. The van der Waals surface area contributed by atoms with Crippen molar-refractivity contribution in [3.05, 3.63) is 47.5 Å². The van der Waals surface area contributed by atoms with Crippen LogP contribution in [0.5, 0.6) is 11.5 Å². The molecule has 2 unspecified atom stereocenters. The topological polar surface area (TPSA) is 51.2 Å². The van der Waals surface area contributed by atoms with Gasteiger partial charge in [0.1, 0.15) is 30.1 Å². The summed E-state index contributed by atoms with van der Waals surface area (Å²) in [5.41, 5.74) is 3.12. The van der Waals surface area contributed by atoms with Crippen molar-refractivity contribution in [2.45, 2.75) is 24.4 Å². The maximum Gasteiger partial charge on any atom is 0.245 e. The van der Waals surface area contributed by atoms with Gasteiger partial charge in [-0.15, -0.1) is 0 Å². The summed E-state index contributed by atoms with van der Waals surface area (Å²) >= 11 is 0. The van der Waals surface area contributed by atoms with E-state index in [1.165, 1.54) is 0 Å². The first kappa shape index (κ1) is 17.2. The van der Waals surface area contributed by atoms with Crippen molar-refractivity contribution < 1.29 is 19.0 Å². The Morgan fingerprint density at radius 1 is 1.07 bits per heavy atom. The van der Waals surface area contributed by atoms with E-state index in [1.54, 1.807) is 0 Å². The molecule has 29 heavy (non-hydrogen) atoms. The average molecular weight is 392 g/mol. The maximum atomic E-state index is 13.9. The van der Waals surface area contributed by atoms with E-state index in [4.69, 9.17) is 14.2 Å². The molecule has 2 aromatic carbocycles.